The normalized spacial score (nSPS) is 10.9. The Morgan fingerprint density at radius 2 is 1.52 bits per heavy atom. The van der Waals surface area contributed by atoms with Gasteiger partial charge in [-0.25, -0.2) is 9.97 Å². The third kappa shape index (κ3) is 3.54. The predicted molar refractivity (Wildman–Crippen MR) is 118 cm³/mol. The van der Waals surface area contributed by atoms with Crippen LogP contribution in [0.2, 0.25) is 0 Å². The SMILES string of the molecule is COc1ncccc1-c1cc(-c2nc(C)c(C)[nH]2)cc(-c2c(C)cccc2C)c1. The highest BCUT2D eigenvalue weighted by Gasteiger charge is 2.15. The molecular weight excluding hydrogens is 358 g/mol. The number of ether oxygens (including phenoxy) is 1. The Hall–Kier alpha value is -3.40. The molecular formula is C25H25N3O. The summed E-state index contributed by atoms with van der Waals surface area (Å²) in [4.78, 5) is 12.5. The number of hydrogen-bond donors (Lipinski definition) is 1. The number of aromatic nitrogens is 3. The number of methoxy groups -OCH3 is 1. The largest absolute Gasteiger partial charge is 0.481 e. The minimum absolute atomic E-state index is 0.615. The molecule has 0 unspecified atom stereocenters. The number of imidazole rings is 1. The molecule has 0 spiro atoms. The summed E-state index contributed by atoms with van der Waals surface area (Å²) in [5.74, 6) is 1.49. The number of aryl methyl sites for hydroxylation is 4. The maximum absolute atomic E-state index is 5.53. The summed E-state index contributed by atoms with van der Waals surface area (Å²) in [5, 5.41) is 0. The fourth-order valence-electron chi connectivity index (χ4n) is 3.79. The molecule has 0 bridgehead atoms. The van der Waals surface area contributed by atoms with Crippen LogP contribution in [-0.4, -0.2) is 22.1 Å². The summed E-state index contributed by atoms with van der Waals surface area (Å²) in [6.45, 7) is 8.38. The second kappa shape index (κ2) is 7.55. The number of nitrogens with one attached hydrogen (secondary N) is 1. The molecule has 4 rings (SSSR count). The lowest BCUT2D eigenvalue weighted by Crippen LogP contribution is -1.94. The molecule has 2 heterocycles. The summed E-state index contributed by atoms with van der Waals surface area (Å²) in [6, 6.07) is 16.9. The van der Waals surface area contributed by atoms with E-state index in [0.717, 1.165) is 39.5 Å². The highest BCUT2D eigenvalue weighted by atomic mass is 16.5. The van der Waals surface area contributed by atoms with Gasteiger partial charge in [-0.05, 0) is 85.8 Å². The molecule has 2 aromatic heterocycles. The van der Waals surface area contributed by atoms with Gasteiger partial charge in [0, 0.05) is 23.0 Å². The Morgan fingerprint density at radius 3 is 2.17 bits per heavy atom. The van der Waals surface area contributed by atoms with Crippen LogP contribution >= 0.6 is 0 Å². The molecule has 4 nitrogen and oxygen atoms in total. The number of nitrogens with zero attached hydrogens (tertiary/aromatic N) is 2. The van der Waals surface area contributed by atoms with Gasteiger partial charge in [0.05, 0.1) is 12.8 Å². The maximum Gasteiger partial charge on any atom is 0.221 e. The molecule has 0 radical (unpaired) electrons. The number of H-pyrrole nitrogens is 1. The molecule has 0 aliphatic rings. The maximum atomic E-state index is 5.53. The van der Waals surface area contributed by atoms with Gasteiger partial charge >= 0.3 is 0 Å². The van der Waals surface area contributed by atoms with Crippen LogP contribution in [0.4, 0.5) is 0 Å². The number of aromatic amines is 1. The zero-order chi connectivity index (χ0) is 20.5. The highest BCUT2D eigenvalue weighted by Crippen LogP contribution is 2.37. The molecule has 0 amide bonds. The lowest BCUT2D eigenvalue weighted by atomic mass is 9.91. The van der Waals surface area contributed by atoms with Crippen LogP contribution in [-0.2, 0) is 0 Å². The Labute approximate surface area is 171 Å². The smallest absolute Gasteiger partial charge is 0.221 e. The molecule has 4 aromatic rings. The lowest BCUT2D eigenvalue weighted by Gasteiger charge is -2.15. The second-order valence-corrected chi connectivity index (χ2v) is 7.42. The topological polar surface area (TPSA) is 50.8 Å². The molecule has 29 heavy (non-hydrogen) atoms. The molecule has 0 fully saturated rings. The van der Waals surface area contributed by atoms with Crippen molar-refractivity contribution in [3.8, 4) is 39.5 Å². The van der Waals surface area contributed by atoms with Crippen molar-refractivity contribution in [3.63, 3.8) is 0 Å². The Morgan fingerprint density at radius 1 is 0.828 bits per heavy atom. The van der Waals surface area contributed by atoms with E-state index in [1.165, 1.54) is 16.7 Å². The van der Waals surface area contributed by atoms with Crippen LogP contribution in [0.15, 0.2) is 54.7 Å². The van der Waals surface area contributed by atoms with Crippen LogP contribution in [0.25, 0.3) is 33.6 Å². The first-order valence-corrected chi connectivity index (χ1v) is 9.72. The van der Waals surface area contributed by atoms with Gasteiger partial charge in [0.15, 0.2) is 0 Å². The first kappa shape index (κ1) is 18.9. The zero-order valence-corrected chi connectivity index (χ0v) is 17.5. The van der Waals surface area contributed by atoms with E-state index in [1.54, 1.807) is 13.3 Å². The first-order valence-electron chi connectivity index (χ1n) is 9.72. The van der Waals surface area contributed by atoms with Crippen LogP contribution in [0.5, 0.6) is 5.88 Å². The third-order valence-electron chi connectivity index (χ3n) is 5.38. The predicted octanol–water partition coefficient (Wildman–Crippen LogP) is 6.05. The number of hydrogen-bond acceptors (Lipinski definition) is 3. The molecule has 146 valence electrons. The molecule has 0 saturated heterocycles. The van der Waals surface area contributed by atoms with E-state index >= 15 is 0 Å². The summed E-state index contributed by atoms with van der Waals surface area (Å²) in [5.41, 5.74) is 10.1. The van der Waals surface area contributed by atoms with Gasteiger partial charge in [-0.2, -0.15) is 0 Å². The van der Waals surface area contributed by atoms with E-state index in [4.69, 9.17) is 9.72 Å². The monoisotopic (exact) mass is 383 g/mol. The Bertz CT molecular complexity index is 1150. The van der Waals surface area contributed by atoms with E-state index in [1.807, 2.05) is 26.0 Å². The minimum Gasteiger partial charge on any atom is -0.481 e. The quantitative estimate of drug-likeness (QED) is 0.467. The van der Waals surface area contributed by atoms with Gasteiger partial charge in [0.1, 0.15) is 5.82 Å². The van der Waals surface area contributed by atoms with Gasteiger partial charge in [-0.1, -0.05) is 18.2 Å². The van der Waals surface area contributed by atoms with Crippen molar-refractivity contribution in [2.75, 3.05) is 7.11 Å². The van der Waals surface area contributed by atoms with Crippen molar-refractivity contribution < 1.29 is 4.74 Å². The lowest BCUT2D eigenvalue weighted by molar-refractivity contribution is 0.399. The van der Waals surface area contributed by atoms with Crippen LogP contribution in [0.1, 0.15) is 22.5 Å². The molecule has 1 N–H and O–H groups in total. The van der Waals surface area contributed by atoms with E-state index < -0.39 is 0 Å². The van der Waals surface area contributed by atoms with E-state index in [9.17, 15) is 0 Å². The van der Waals surface area contributed by atoms with Crippen LogP contribution in [0, 0.1) is 27.7 Å². The number of pyridine rings is 1. The number of benzene rings is 2. The van der Waals surface area contributed by atoms with Gasteiger partial charge in [-0.3, -0.25) is 0 Å². The average molecular weight is 383 g/mol. The fourth-order valence-corrected chi connectivity index (χ4v) is 3.79. The van der Waals surface area contributed by atoms with Gasteiger partial charge in [-0.15, -0.1) is 0 Å². The Balaban J connectivity index is 2.00. The Kier molecular flexibility index (Phi) is 4.93. The standard InChI is InChI=1S/C25H25N3O/c1-15-8-6-9-16(2)23(15)20-12-19(22-10-7-11-26-25(22)29-5)13-21(14-20)24-27-17(3)18(4)28-24/h6-14H,1-5H3,(H,27,28). The van der Waals surface area contributed by atoms with Gasteiger partial charge in [0.25, 0.3) is 0 Å². The minimum atomic E-state index is 0.615. The van der Waals surface area contributed by atoms with Crippen molar-refractivity contribution in [2.24, 2.45) is 0 Å². The van der Waals surface area contributed by atoms with Crippen molar-refractivity contribution in [2.45, 2.75) is 27.7 Å². The fraction of sp³-hybridized carbons (Fsp3) is 0.200. The third-order valence-corrected chi connectivity index (χ3v) is 5.38. The molecule has 0 saturated carbocycles. The molecule has 0 aliphatic carbocycles. The first-order chi connectivity index (χ1) is 14.0. The van der Waals surface area contributed by atoms with Gasteiger partial charge < -0.3 is 9.72 Å². The van der Waals surface area contributed by atoms with Gasteiger partial charge in [0.2, 0.25) is 5.88 Å². The molecule has 0 aliphatic heterocycles. The van der Waals surface area contributed by atoms with Crippen molar-refractivity contribution >= 4 is 0 Å². The zero-order valence-electron chi connectivity index (χ0n) is 17.5. The highest BCUT2D eigenvalue weighted by molar-refractivity contribution is 5.83. The van der Waals surface area contributed by atoms with Crippen molar-refractivity contribution in [1.29, 1.82) is 0 Å². The van der Waals surface area contributed by atoms with E-state index in [-0.39, 0.29) is 0 Å². The van der Waals surface area contributed by atoms with E-state index in [0.29, 0.717) is 5.88 Å². The second-order valence-electron chi connectivity index (χ2n) is 7.42. The van der Waals surface area contributed by atoms with Crippen LogP contribution < -0.4 is 4.74 Å². The van der Waals surface area contributed by atoms with Crippen molar-refractivity contribution in [1.82, 2.24) is 15.0 Å². The molecule has 0 atom stereocenters. The van der Waals surface area contributed by atoms with Crippen LogP contribution in [0.3, 0.4) is 0 Å². The van der Waals surface area contributed by atoms with E-state index in [2.05, 4.69) is 60.2 Å². The summed E-state index contributed by atoms with van der Waals surface area (Å²) < 4.78 is 5.53. The average Bonchev–Trinajstić information content (AvgIpc) is 3.06. The van der Waals surface area contributed by atoms with Crippen molar-refractivity contribution in [3.05, 3.63) is 77.2 Å². The molecule has 2 aromatic carbocycles. The summed E-state index contributed by atoms with van der Waals surface area (Å²) in [7, 11) is 1.65. The summed E-state index contributed by atoms with van der Waals surface area (Å²) >= 11 is 0. The molecule has 4 heteroatoms. The number of rotatable bonds is 4. The summed E-state index contributed by atoms with van der Waals surface area (Å²) in [6.07, 6.45) is 1.75.